The zero-order valence-corrected chi connectivity index (χ0v) is 14.4. The zero-order valence-electron chi connectivity index (χ0n) is 14.4. The Morgan fingerprint density at radius 3 is 2.67 bits per heavy atom. The van der Waals surface area contributed by atoms with E-state index in [2.05, 4.69) is 46.4 Å². The van der Waals surface area contributed by atoms with Crippen LogP contribution >= 0.6 is 0 Å². The third kappa shape index (κ3) is 5.50. The lowest BCUT2D eigenvalue weighted by Gasteiger charge is -2.22. The van der Waals surface area contributed by atoms with Crippen LogP contribution in [0.25, 0.3) is 0 Å². The molecule has 0 aliphatic heterocycles. The van der Waals surface area contributed by atoms with Gasteiger partial charge < -0.3 is 20.7 Å². The van der Waals surface area contributed by atoms with E-state index >= 15 is 0 Å². The molecular formula is C19H26N4O. The van der Waals surface area contributed by atoms with Gasteiger partial charge in [-0.15, -0.1) is 0 Å². The van der Waals surface area contributed by atoms with Gasteiger partial charge in [0.05, 0.1) is 7.11 Å². The quantitative estimate of drug-likeness (QED) is 0.444. The summed E-state index contributed by atoms with van der Waals surface area (Å²) < 4.78 is 5.19. The highest BCUT2D eigenvalue weighted by Gasteiger charge is 2.02. The van der Waals surface area contributed by atoms with Gasteiger partial charge in [-0.05, 0) is 37.6 Å². The van der Waals surface area contributed by atoms with Gasteiger partial charge in [-0.2, -0.15) is 0 Å². The van der Waals surface area contributed by atoms with Crippen molar-refractivity contribution in [3.63, 3.8) is 0 Å². The average Bonchev–Trinajstić information content (AvgIpc) is 2.62. The van der Waals surface area contributed by atoms with Crippen molar-refractivity contribution in [1.29, 1.82) is 0 Å². The number of hydrogen-bond acceptors (Lipinski definition) is 3. The van der Waals surface area contributed by atoms with Crippen LogP contribution in [-0.2, 0) is 0 Å². The van der Waals surface area contributed by atoms with E-state index in [-0.39, 0.29) is 0 Å². The fraction of sp³-hybridized carbons (Fsp3) is 0.316. The lowest BCUT2D eigenvalue weighted by Crippen LogP contribution is -2.26. The van der Waals surface area contributed by atoms with Crippen molar-refractivity contribution in [1.82, 2.24) is 0 Å². The lowest BCUT2D eigenvalue weighted by atomic mass is 10.2. The molecule has 0 radical (unpaired) electrons. The van der Waals surface area contributed by atoms with Crippen LogP contribution in [0, 0.1) is 0 Å². The number of rotatable bonds is 8. The number of anilines is 2. The Morgan fingerprint density at radius 2 is 1.96 bits per heavy atom. The molecule has 2 aromatic rings. The van der Waals surface area contributed by atoms with E-state index in [9.17, 15) is 0 Å². The van der Waals surface area contributed by atoms with E-state index in [1.54, 1.807) is 7.11 Å². The minimum atomic E-state index is 0.422. The average molecular weight is 326 g/mol. The summed E-state index contributed by atoms with van der Waals surface area (Å²) in [7, 11) is 1.64. The SMILES string of the molecule is CCN(CCCN=C(N)Nc1cccc(OC)c1)c1ccccc1. The van der Waals surface area contributed by atoms with Gasteiger partial charge in [0.25, 0.3) is 0 Å². The Bertz CT molecular complexity index is 643. The fourth-order valence-electron chi connectivity index (χ4n) is 2.46. The maximum atomic E-state index is 5.94. The highest BCUT2D eigenvalue weighted by Crippen LogP contribution is 2.16. The van der Waals surface area contributed by atoms with Crippen LogP contribution in [-0.4, -0.2) is 32.7 Å². The second-order valence-electron chi connectivity index (χ2n) is 5.39. The molecule has 0 aliphatic rings. The third-order valence-electron chi connectivity index (χ3n) is 3.71. The molecule has 0 spiro atoms. The van der Waals surface area contributed by atoms with Gasteiger partial charge in [-0.1, -0.05) is 24.3 Å². The predicted octanol–water partition coefficient (Wildman–Crippen LogP) is 3.34. The number of benzene rings is 2. The molecule has 0 aromatic heterocycles. The molecule has 0 saturated heterocycles. The molecule has 0 atom stereocenters. The number of aliphatic imine (C=N–C) groups is 1. The minimum absolute atomic E-state index is 0.422. The van der Waals surface area contributed by atoms with Gasteiger partial charge in [-0.3, -0.25) is 4.99 Å². The van der Waals surface area contributed by atoms with E-state index in [0.717, 1.165) is 30.9 Å². The first-order valence-electron chi connectivity index (χ1n) is 8.24. The molecule has 0 bridgehead atoms. The van der Waals surface area contributed by atoms with Gasteiger partial charge in [0.15, 0.2) is 5.96 Å². The summed E-state index contributed by atoms with van der Waals surface area (Å²) in [5.74, 6) is 1.21. The molecule has 2 rings (SSSR count). The van der Waals surface area contributed by atoms with Gasteiger partial charge in [-0.25, -0.2) is 0 Å². The van der Waals surface area contributed by atoms with Crippen LogP contribution in [0.2, 0.25) is 0 Å². The number of hydrogen-bond donors (Lipinski definition) is 2. The zero-order chi connectivity index (χ0) is 17.2. The highest BCUT2D eigenvalue weighted by molar-refractivity contribution is 5.92. The van der Waals surface area contributed by atoms with Crippen molar-refractivity contribution in [2.45, 2.75) is 13.3 Å². The van der Waals surface area contributed by atoms with Crippen molar-refractivity contribution in [3.8, 4) is 5.75 Å². The van der Waals surface area contributed by atoms with Crippen LogP contribution in [0.1, 0.15) is 13.3 Å². The molecular weight excluding hydrogens is 300 g/mol. The Morgan fingerprint density at radius 1 is 1.17 bits per heavy atom. The molecule has 0 amide bonds. The van der Waals surface area contributed by atoms with Crippen LogP contribution in [0.3, 0.4) is 0 Å². The molecule has 0 unspecified atom stereocenters. The molecule has 0 aliphatic carbocycles. The normalized spacial score (nSPS) is 11.2. The summed E-state index contributed by atoms with van der Waals surface area (Å²) in [5, 5.41) is 3.08. The van der Waals surface area contributed by atoms with Crippen LogP contribution in [0.15, 0.2) is 59.6 Å². The monoisotopic (exact) mass is 326 g/mol. The summed E-state index contributed by atoms with van der Waals surface area (Å²) in [4.78, 5) is 6.73. The van der Waals surface area contributed by atoms with E-state index in [0.29, 0.717) is 12.5 Å². The molecule has 0 saturated carbocycles. The number of ether oxygens (including phenoxy) is 1. The number of guanidine groups is 1. The maximum Gasteiger partial charge on any atom is 0.193 e. The topological polar surface area (TPSA) is 62.9 Å². The predicted molar refractivity (Wildman–Crippen MR) is 102 cm³/mol. The smallest absolute Gasteiger partial charge is 0.193 e. The van der Waals surface area contributed by atoms with Gasteiger partial charge in [0.1, 0.15) is 5.75 Å². The number of methoxy groups -OCH3 is 1. The highest BCUT2D eigenvalue weighted by atomic mass is 16.5. The van der Waals surface area contributed by atoms with Gasteiger partial charge in [0, 0.05) is 37.1 Å². The number of nitrogens with zero attached hydrogens (tertiary/aromatic N) is 2. The second-order valence-corrected chi connectivity index (χ2v) is 5.39. The molecule has 0 fully saturated rings. The largest absolute Gasteiger partial charge is 0.497 e. The number of nitrogens with two attached hydrogens (primary N) is 1. The lowest BCUT2D eigenvalue weighted by molar-refractivity contribution is 0.415. The maximum absolute atomic E-state index is 5.94. The standard InChI is InChI=1S/C19H26N4O/c1-3-23(17-10-5-4-6-11-17)14-8-13-21-19(20)22-16-9-7-12-18(15-16)24-2/h4-7,9-12,15H,3,8,13-14H2,1-2H3,(H3,20,21,22). The molecule has 0 heterocycles. The Hall–Kier alpha value is -2.69. The molecule has 128 valence electrons. The molecule has 2 aromatic carbocycles. The molecule has 5 heteroatoms. The van der Waals surface area contributed by atoms with E-state index in [1.807, 2.05) is 30.3 Å². The van der Waals surface area contributed by atoms with E-state index < -0.39 is 0 Å². The number of para-hydroxylation sites is 1. The minimum Gasteiger partial charge on any atom is -0.497 e. The van der Waals surface area contributed by atoms with Crippen molar-refractivity contribution in [3.05, 3.63) is 54.6 Å². The van der Waals surface area contributed by atoms with E-state index in [1.165, 1.54) is 5.69 Å². The van der Waals surface area contributed by atoms with Crippen LogP contribution in [0.4, 0.5) is 11.4 Å². The van der Waals surface area contributed by atoms with Crippen molar-refractivity contribution in [2.75, 3.05) is 37.0 Å². The van der Waals surface area contributed by atoms with Crippen molar-refractivity contribution in [2.24, 2.45) is 10.7 Å². The summed E-state index contributed by atoms with van der Waals surface area (Å²) in [6.45, 7) is 4.78. The van der Waals surface area contributed by atoms with Crippen LogP contribution < -0.4 is 20.7 Å². The summed E-state index contributed by atoms with van der Waals surface area (Å²) >= 11 is 0. The third-order valence-corrected chi connectivity index (χ3v) is 3.71. The van der Waals surface area contributed by atoms with Crippen LogP contribution in [0.5, 0.6) is 5.75 Å². The molecule has 5 nitrogen and oxygen atoms in total. The number of nitrogens with one attached hydrogen (secondary N) is 1. The van der Waals surface area contributed by atoms with Gasteiger partial charge in [0.2, 0.25) is 0 Å². The Labute approximate surface area is 144 Å². The van der Waals surface area contributed by atoms with E-state index in [4.69, 9.17) is 10.5 Å². The van der Waals surface area contributed by atoms with Gasteiger partial charge >= 0.3 is 0 Å². The first kappa shape index (κ1) is 17.7. The first-order chi connectivity index (χ1) is 11.7. The fourth-order valence-corrected chi connectivity index (χ4v) is 2.46. The van der Waals surface area contributed by atoms with Crippen molar-refractivity contribution >= 4 is 17.3 Å². The molecule has 24 heavy (non-hydrogen) atoms. The van der Waals surface area contributed by atoms with Crippen molar-refractivity contribution < 1.29 is 4.74 Å². The Kier molecular flexibility index (Phi) is 6.95. The second kappa shape index (κ2) is 9.45. The summed E-state index contributed by atoms with van der Waals surface area (Å²) in [5.41, 5.74) is 8.05. The Balaban J connectivity index is 1.80. The first-order valence-corrected chi connectivity index (χ1v) is 8.24. The summed E-state index contributed by atoms with van der Waals surface area (Å²) in [6, 6.07) is 18.0. The summed E-state index contributed by atoms with van der Waals surface area (Å²) in [6.07, 6.45) is 0.948. The molecule has 3 N–H and O–H groups in total.